The zero-order chi connectivity index (χ0) is 27.2. The number of thiophene rings is 1. The van der Waals surface area contributed by atoms with E-state index in [2.05, 4.69) is 44.2 Å². The molecule has 1 amide bonds. The fourth-order valence-corrected chi connectivity index (χ4v) is 6.38. The molecule has 5 aromatic heterocycles. The molecular weight excluding hydrogens is 520 g/mol. The number of nitrogens with zero attached hydrogens (tertiary/aromatic N) is 6. The first-order chi connectivity index (χ1) is 19.5. The van der Waals surface area contributed by atoms with Crippen molar-refractivity contribution in [1.29, 1.82) is 0 Å². The Kier molecular flexibility index (Phi) is 6.11. The molecule has 1 aliphatic heterocycles. The molecule has 0 atom stereocenters. The third-order valence-corrected chi connectivity index (χ3v) is 8.62. The topological polar surface area (TPSA) is 112 Å². The maximum Gasteiger partial charge on any atom is 0.227 e. The van der Waals surface area contributed by atoms with E-state index in [1.54, 1.807) is 23.7 Å². The summed E-state index contributed by atoms with van der Waals surface area (Å²) in [5.41, 5.74) is 7.54. The van der Waals surface area contributed by atoms with Crippen LogP contribution >= 0.6 is 11.3 Å². The van der Waals surface area contributed by atoms with Crippen LogP contribution in [0.4, 0.5) is 11.4 Å². The fourth-order valence-electron chi connectivity index (χ4n) is 5.51. The Morgan fingerprint density at radius 1 is 1.10 bits per heavy atom. The van der Waals surface area contributed by atoms with Crippen molar-refractivity contribution in [1.82, 2.24) is 24.9 Å². The minimum absolute atomic E-state index is 0.0716. The van der Waals surface area contributed by atoms with Crippen molar-refractivity contribution in [2.75, 3.05) is 23.9 Å². The number of hydrogen-bond donors (Lipinski definition) is 2. The van der Waals surface area contributed by atoms with Crippen LogP contribution in [0, 0.1) is 12.8 Å². The summed E-state index contributed by atoms with van der Waals surface area (Å²) in [4.78, 5) is 44.2. The number of hydrogen-bond acceptors (Lipinski definition) is 8. The van der Waals surface area contributed by atoms with Crippen molar-refractivity contribution in [2.24, 2.45) is 10.9 Å². The van der Waals surface area contributed by atoms with Gasteiger partial charge in [0.25, 0.3) is 0 Å². The number of amides is 1. The van der Waals surface area contributed by atoms with Gasteiger partial charge in [0.05, 0.1) is 39.9 Å². The second-order valence-electron chi connectivity index (χ2n) is 10.4. The predicted octanol–water partition coefficient (Wildman–Crippen LogP) is 5.83. The van der Waals surface area contributed by atoms with E-state index in [4.69, 9.17) is 15.0 Å². The van der Waals surface area contributed by atoms with Gasteiger partial charge in [0, 0.05) is 41.4 Å². The van der Waals surface area contributed by atoms with Gasteiger partial charge in [-0.15, -0.1) is 11.3 Å². The molecule has 1 aliphatic carbocycles. The van der Waals surface area contributed by atoms with E-state index in [1.807, 2.05) is 37.6 Å². The van der Waals surface area contributed by atoms with Gasteiger partial charge in [0.15, 0.2) is 5.82 Å². The van der Waals surface area contributed by atoms with Crippen LogP contribution in [0.1, 0.15) is 41.9 Å². The molecule has 9 nitrogen and oxygen atoms in total. The average Bonchev–Trinajstić information content (AvgIpc) is 3.74. The summed E-state index contributed by atoms with van der Waals surface area (Å²) in [6.07, 6.45) is 11.3. The van der Waals surface area contributed by atoms with E-state index in [0.29, 0.717) is 18.2 Å². The highest BCUT2D eigenvalue weighted by atomic mass is 32.1. The highest BCUT2D eigenvalue weighted by molar-refractivity contribution is 7.15. The molecule has 0 saturated heterocycles. The number of aliphatic imine (C=N–C) groups is 1. The highest BCUT2D eigenvalue weighted by Crippen LogP contribution is 2.34. The van der Waals surface area contributed by atoms with Crippen molar-refractivity contribution < 1.29 is 4.79 Å². The van der Waals surface area contributed by atoms with Gasteiger partial charge in [-0.2, -0.15) is 0 Å². The number of anilines is 2. The lowest BCUT2D eigenvalue weighted by Crippen LogP contribution is -2.27. The van der Waals surface area contributed by atoms with Crippen LogP contribution in [0.5, 0.6) is 0 Å². The Balaban J connectivity index is 1.25. The second kappa shape index (κ2) is 9.95. The average molecular weight is 549 g/mol. The molecule has 0 unspecified atom stereocenters. The first-order valence-corrected chi connectivity index (χ1v) is 14.3. The summed E-state index contributed by atoms with van der Waals surface area (Å²) in [7, 11) is 2.00. The maximum absolute atomic E-state index is 12.7. The summed E-state index contributed by atoms with van der Waals surface area (Å²) in [6, 6.07) is 10.1. The number of H-pyrrole nitrogens is 1. The predicted molar refractivity (Wildman–Crippen MR) is 159 cm³/mol. The van der Waals surface area contributed by atoms with E-state index in [1.165, 1.54) is 4.88 Å². The molecule has 0 spiro atoms. The van der Waals surface area contributed by atoms with Crippen molar-refractivity contribution in [3.05, 3.63) is 71.4 Å². The quantitative estimate of drug-likeness (QED) is 0.286. The molecular formula is C30H28N8OS. The number of aromatic amines is 1. The van der Waals surface area contributed by atoms with Crippen molar-refractivity contribution in [3.63, 3.8) is 0 Å². The standard InChI is InChI=1S/C30H28N8OS/c1-17-7-8-25(40-17)28-27-22(9-10-32-28)36-29(37-27)26-21-12-23(33-15-24(21)38(2)16-34-26)19-11-20(14-31-13-19)35-30(39)18-5-3-4-6-18/h7-15,18H,3-6,16H2,1-2H3,(H,35,39)(H,36,37). The van der Waals surface area contributed by atoms with Gasteiger partial charge in [0.2, 0.25) is 5.91 Å². The number of pyridine rings is 3. The lowest BCUT2D eigenvalue weighted by molar-refractivity contribution is -0.119. The summed E-state index contributed by atoms with van der Waals surface area (Å²) in [5, 5.41) is 3.05. The Labute approximate surface area is 235 Å². The summed E-state index contributed by atoms with van der Waals surface area (Å²) < 4.78 is 0. The van der Waals surface area contributed by atoms with Gasteiger partial charge in [-0.3, -0.25) is 24.7 Å². The number of aryl methyl sites for hydroxylation is 1. The summed E-state index contributed by atoms with van der Waals surface area (Å²) in [6.45, 7) is 2.59. The molecule has 6 heterocycles. The smallest absolute Gasteiger partial charge is 0.227 e. The van der Waals surface area contributed by atoms with Crippen LogP contribution < -0.4 is 10.2 Å². The molecule has 2 aliphatic rings. The number of imidazole rings is 1. The van der Waals surface area contributed by atoms with Gasteiger partial charge < -0.3 is 15.2 Å². The minimum Gasteiger partial charge on any atom is -0.353 e. The summed E-state index contributed by atoms with van der Waals surface area (Å²) >= 11 is 1.71. The molecule has 2 N–H and O–H groups in total. The largest absolute Gasteiger partial charge is 0.353 e. The van der Waals surface area contributed by atoms with Crippen molar-refractivity contribution in [2.45, 2.75) is 32.6 Å². The van der Waals surface area contributed by atoms with Crippen molar-refractivity contribution in [3.8, 4) is 21.8 Å². The third kappa shape index (κ3) is 4.44. The Morgan fingerprint density at radius 3 is 2.80 bits per heavy atom. The van der Waals surface area contributed by atoms with E-state index in [9.17, 15) is 4.79 Å². The Bertz CT molecular complexity index is 1780. The SMILES string of the molecule is Cc1ccc(-c2nccc3[nH]c(C4=NCN(C)c5cnc(-c6cncc(NC(=O)C7CCCC7)c6)cc54)nc23)s1. The van der Waals surface area contributed by atoms with E-state index < -0.39 is 0 Å². The maximum atomic E-state index is 12.7. The highest BCUT2D eigenvalue weighted by Gasteiger charge is 2.25. The fraction of sp³-hybridized carbons (Fsp3) is 0.267. The van der Waals surface area contributed by atoms with E-state index in [-0.39, 0.29) is 11.8 Å². The van der Waals surface area contributed by atoms with Crippen LogP contribution in [0.3, 0.4) is 0 Å². The zero-order valence-electron chi connectivity index (χ0n) is 22.3. The number of aromatic nitrogens is 5. The van der Waals surface area contributed by atoms with Crippen molar-refractivity contribution >= 4 is 45.4 Å². The van der Waals surface area contributed by atoms with E-state index >= 15 is 0 Å². The Hall–Kier alpha value is -4.44. The second-order valence-corrected chi connectivity index (χ2v) is 11.7. The number of carbonyl (C=O) groups is 1. The van der Waals surface area contributed by atoms with Crippen LogP contribution in [0.15, 0.2) is 60.1 Å². The number of fused-ring (bicyclic) bond motifs is 2. The molecule has 1 saturated carbocycles. The van der Waals surface area contributed by atoms with Gasteiger partial charge in [-0.25, -0.2) is 4.98 Å². The lowest BCUT2D eigenvalue weighted by Gasteiger charge is -2.25. The van der Waals surface area contributed by atoms with Gasteiger partial charge in [-0.1, -0.05) is 12.8 Å². The van der Waals surface area contributed by atoms with Crippen LogP contribution in [-0.2, 0) is 4.79 Å². The first-order valence-electron chi connectivity index (χ1n) is 13.5. The van der Waals surface area contributed by atoms with Gasteiger partial charge >= 0.3 is 0 Å². The normalized spacial score (nSPS) is 15.3. The number of rotatable bonds is 5. The van der Waals surface area contributed by atoms with Crippen LogP contribution in [0.25, 0.3) is 32.9 Å². The monoisotopic (exact) mass is 548 g/mol. The molecule has 0 radical (unpaired) electrons. The molecule has 0 bridgehead atoms. The molecule has 5 aromatic rings. The molecule has 40 heavy (non-hydrogen) atoms. The van der Waals surface area contributed by atoms with Crippen LogP contribution in [0.2, 0.25) is 0 Å². The molecule has 0 aromatic carbocycles. The first kappa shape index (κ1) is 24.6. The van der Waals surface area contributed by atoms with Crippen LogP contribution in [-0.4, -0.2) is 50.3 Å². The molecule has 1 fully saturated rings. The van der Waals surface area contributed by atoms with Gasteiger partial charge in [-0.05, 0) is 50.1 Å². The van der Waals surface area contributed by atoms with Gasteiger partial charge in [0.1, 0.15) is 23.6 Å². The zero-order valence-corrected chi connectivity index (χ0v) is 23.1. The molecule has 10 heteroatoms. The summed E-state index contributed by atoms with van der Waals surface area (Å²) in [5.74, 6) is 0.852. The number of carbonyl (C=O) groups excluding carboxylic acids is 1. The minimum atomic E-state index is 0.0716. The van der Waals surface area contributed by atoms with E-state index in [0.717, 1.165) is 75.5 Å². The third-order valence-electron chi connectivity index (χ3n) is 7.62. The molecule has 7 rings (SSSR count). The number of nitrogens with one attached hydrogen (secondary N) is 2. The Morgan fingerprint density at radius 2 is 1.98 bits per heavy atom. The lowest BCUT2D eigenvalue weighted by atomic mass is 10.0. The molecule has 200 valence electrons.